The molecule has 0 bridgehead atoms. The van der Waals surface area contributed by atoms with Gasteiger partial charge < -0.3 is 29.6 Å². The lowest BCUT2D eigenvalue weighted by Crippen LogP contribution is -2.33. The third kappa shape index (κ3) is 11.1. The molecular formula is C35H45N3O7. The molecular weight excluding hydrogens is 574 g/mol. The van der Waals surface area contributed by atoms with Gasteiger partial charge in [0, 0.05) is 41.4 Å². The summed E-state index contributed by atoms with van der Waals surface area (Å²) < 4.78 is 22.2. The topological polar surface area (TPSA) is 125 Å². The number of rotatable bonds is 12. The lowest BCUT2D eigenvalue weighted by atomic mass is 9.92. The molecule has 10 nitrogen and oxygen atoms in total. The van der Waals surface area contributed by atoms with E-state index in [0.717, 1.165) is 27.6 Å². The number of fused-ring (bicyclic) bond motifs is 1. The van der Waals surface area contributed by atoms with Gasteiger partial charge in [-0.3, -0.25) is 4.98 Å². The van der Waals surface area contributed by atoms with Crippen LogP contribution in [0.4, 0.5) is 9.59 Å². The van der Waals surface area contributed by atoms with E-state index in [1.165, 1.54) is 0 Å². The number of nitrogens with one attached hydrogen (secondary N) is 2. The van der Waals surface area contributed by atoms with Gasteiger partial charge in [-0.05, 0) is 91.1 Å². The van der Waals surface area contributed by atoms with E-state index < -0.39 is 29.4 Å². The third-order valence-corrected chi connectivity index (χ3v) is 6.19. The van der Waals surface area contributed by atoms with Gasteiger partial charge in [0.1, 0.15) is 17.0 Å². The van der Waals surface area contributed by atoms with Crippen molar-refractivity contribution in [1.29, 1.82) is 0 Å². The number of allylic oxidation sites excluding steroid dienone is 1. The Morgan fingerprint density at radius 3 is 2.04 bits per heavy atom. The van der Waals surface area contributed by atoms with E-state index >= 15 is 0 Å². The maximum absolute atomic E-state index is 13.1. The van der Waals surface area contributed by atoms with Crippen LogP contribution in [-0.4, -0.2) is 60.6 Å². The molecule has 0 saturated heterocycles. The maximum Gasteiger partial charge on any atom is 0.407 e. The largest absolute Gasteiger partial charge is 0.493 e. The SMILES string of the molecule is C=C(C)c1cnc2ccccc2c1-c1cc(C(=O)OCCCNC(=O)OC(C)(C)C)ccc1OCCCNC(=O)OC(C)(C)C. The predicted octanol–water partition coefficient (Wildman–Crippen LogP) is 7.30. The lowest BCUT2D eigenvalue weighted by molar-refractivity contribution is 0.0478. The molecule has 1 heterocycles. The average molecular weight is 620 g/mol. The predicted molar refractivity (Wildman–Crippen MR) is 175 cm³/mol. The molecule has 0 aliphatic rings. The van der Waals surface area contributed by atoms with Crippen molar-refractivity contribution in [2.45, 2.75) is 72.5 Å². The van der Waals surface area contributed by atoms with Gasteiger partial charge in [0.2, 0.25) is 0 Å². The van der Waals surface area contributed by atoms with Crippen molar-refractivity contribution in [3.05, 3.63) is 66.4 Å². The van der Waals surface area contributed by atoms with Crippen LogP contribution < -0.4 is 15.4 Å². The van der Waals surface area contributed by atoms with Crippen molar-refractivity contribution in [2.24, 2.45) is 0 Å². The molecule has 3 rings (SSSR count). The molecule has 1 aromatic heterocycles. The molecule has 0 atom stereocenters. The zero-order chi connectivity index (χ0) is 33.2. The van der Waals surface area contributed by atoms with Gasteiger partial charge in [-0.1, -0.05) is 24.8 Å². The van der Waals surface area contributed by atoms with Crippen LogP contribution in [0.15, 0.2) is 55.2 Å². The first-order chi connectivity index (χ1) is 21.1. The highest BCUT2D eigenvalue weighted by atomic mass is 16.6. The maximum atomic E-state index is 13.1. The molecule has 0 aliphatic heterocycles. The molecule has 0 aliphatic carbocycles. The minimum absolute atomic E-state index is 0.113. The van der Waals surface area contributed by atoms with E-state index in [2.05, 4.69) is 22.2 Å². The van der Waals surface area contributed by atoms with E-state index in [1.54, 1.807) is 45.2 Å². The van der Waals surface area contributed by atoms with Gasteiger partial charge in [-0.2, -0.15) is 0 Å². The Hall–Kier alpha value is -4.60. The minimum atomic E-state index is -0.592. The summed E-state index contributed by atoms with van der Waals surface area (Å²) in [6, 6.07) is 12.9. The van der Waals surface area contributed by atoms with Gasteiger partial charge in [-0.15, -0.1) is 0 Å². The van der Waals surface area contributed by atoms with Crippen molar-refractivity contribution in [1.82, 2.24) is 15.6 Å². The van der Waals surface area contributed by atoms with Crippen LogP contribution in [-0.2, 0) is 14.2 Å². The number of esters is 1. The van der Waals surface area contributed by atoms with E-state index in [1.807, 2.05) is 52.0 Å². The van der Waals surface area contributed by atoms with Crippen molar-refractivity contribution in [2.75, 3.05) is 26.3 Å². The van der Waals surface area contributed by atoms with E-state index in [0.29, 0.717) is 49.4 Å². The van der Waals surface area contributed by atoms with Crippen molar-refractivity contribution in [3.63, 3.8) is 0 Å². The van der Waals surface area contributed by atoms with Gasteiger partial charge >= 0.3 is 18.2 Å². The molecule has 2 aromatic carbocycles. The second-order valence-electron chi connectivity index (χ2n) is 12.6. The molecule has 10 heteroatoms. The molecule has 3 aromatic rings. The molecule has 0 fully saturated rings. The lowest BCUT2D eigenvalue weighted by Gasteiger charge is -2.20. The second kappa shape index (κ2) is 15.4. The zero-order valence-corrected chi connectivity index (χ0v) is 27.4. The van der Waals surface area contributed by atoms with E-state index in [4.69, 9.17) is 18.9 Å². The Balaban J connectivity index is 1.79. The molecule has 2 amide bonds. The van der Waals surface area contributed by atoms with Crippen LogP contribution in [0.2, 0.25) is 0 Å². The Morgan fingerprint density at radius 2 is 1.44 bits per heavy atom. The summed E-state index contributed by atoms with van der Waals surface area (Å²) in [5.74, 6) is 0.0566. The summed E-state index contributed by atoms with van der Waals surface area (Å²) in [6.07, 6.45) is 1.72. The quantitative estimate of drug-likeness (QED) is 0.123. The fraction of sp³-hybridized carbons (Fsp3) is 0.429. The Bertz CT molecular complexity index is 1520. The van der Waals surface area contributed by atoms with Crippen LogP contribution in [0, 0.1) is 0 Å². The first-order valence-electron chi connectivity index (χ1n) is 15.1. The standard InChI is InChI=1S/C35H45N3O7/c1-23(2)27-22-38-28-14-10-9-13-25(28)30(27)26-21-24(31(39)43-20-12-18-37-33(41)45-35(6,7)8)15-16-29(26)42-19-11-17-36-32(40)44-34(3,4)5/h9-10,13-16,21-22H,1,11-12,17-20H2,2-8H3,(H,36,40)(H,37,41). The van der Waals surface area contributed by atoms with Crippen molar-refractivity contribution in [3.8, 4) is 16.9 Å². The second-order valence-corrected chi connectivity index (χ2v) is 12.6. The van der Waals surface area contributed by atoms with Crippen LogP contribution >= 0.6 is 0 Å². The van der Waals surface area contributed by atoms with Crippen molar-refractivity contribution >= 4 is 34.6 Å². The number of benzene rings is 2. The fourth-order valence-corrected chi connectivity index (χ4v) is 4.32. The Kier molecular flexibility index (Phi) is 11.9. The normalized spacial score (nSPS) is 11.4. The van der Waals surface area contributed by atoms with Gasteiger partial charge in [0.15, 0.2) is 0 Å². The Labute approximate surface area is 265 Å². The molecule has 0 spiro atoms. The summed E-state index contributed by atoms with van der Waals surface area (Å²) in [5.41, 5.74) is 3.12. The number of carbonyl (C=O) groups is 3. The van der Waals surface area contributed by atoms with Gasteiger partial charge in [-0.25, -0.2) is 14.4 Å². The number of alkyl carbamates (subject to hydrolysis) is 2. The highest BCUT2D eigenvalue weighted by molar-refractivity contribution is 6.02. The van der Waals surface area contributed by atoms with Crippen LogP contribution in [0.3, 0.4) is 0 Å². The first kappa shape index (κ1) is 34.9. The number of nitrogens with zero attached hydrogens (tertiary/aromatic N) is 1. The van der Waals surface area contributed by atoms with Crippen LogP contribution in [0.1, 0.15) is 77.2 Å². The number of carbonyl (C=O) groups excluding carboxylic acids is 3. The average Bonchev–Trinajstić information content (AvgIpc) is 2.94. The number of amides is 2. The van der Waals surface area contributed by atoms with E-state index in [9.17, 15) is 14.4 Å². The first-order valence-corrected chi connectivity index (χ1v) is 15.1. The summed E-state index contributed by atoms with van der Waals surface area (Å²) in [7, 11) is 0. The molecule has 45 heavy (non-hydrogen) atoms. The monoisotopic (exact) mass is 619 g/mol. The highest BCUT2D eigenvalue weighted by Crippen LogP contribution is 2.40. The number of hydrogen-bond acceptors (Lipinski definition) is 8. The highest BCUT2D eigenvalue weighted by Gasteiger charge is 2.20. The molecule has 0 saturated carbocycles. The van der Waals surface area contributed by atoms with Crippen LogP contribution in [0.25, 0.3) is 27.6 Å². The number of pyridine rings is 1. The van der Waals surface area contributed by atoms with Crippen LogP contribution in [0.5, 0.6) is 5.75 Å². The summed E-state index contributed by atoms with van der Waals surface area (Å²) in [5, 5.41) is 6.27. The Morgan fingerprint density at radius 1 is 0.844 bits per heavy atom. The molecule has 0 unspecified atom stereocenters. The molecule has 242 valence electrons. The number of aromatic nitrogens is 1. The van der Waals surface area contributed by atoms with Crippen molar-refractivity contribution < 1.29 is 33.3 Å². The van der Waals surface area contributed by atoms with Gasteiger partial charge in [0.25, 0.3) is 0 Å². The third-order valence-electron chi connectivity index (χ3n) is 6.19. The number of hydrogen-bond donors (Lipinski definition) is 2. The number of ether oxygens (including phenoxy) is 4. The fourth-order valence-electron chi connectivity index (χ4n) is 4.32. The summed E-state index contributed by atoms with van der Waals surface area (Å²) >= 11 is 0. The number of para-hydroxylation sites is 1. The zero-order valence-electron chi connectivity index (χ0n) is 27.4. The summed E-state index contributed by atoms with van der Waals surface area (Å²) in [6.45, 7) is 17.9. The van der Waals surface area contributed by atoms with Gasteiger partial charge in [0.05, 0.1) is 24.3 Å². The molecule has 0 radical (unpaired) electrons. The van der Waals surface area contributed by atoms with E-state index in [-0.39, 0.29) is 6.61 Å². The molecule has 2 N–H and O–H groups in total. The minimum Gasteiger partial charge on any atom is -0.493 e. The smallest absolute Gasteiger partial charge is 0.407 e. The summed E-state index contributed by atoms with van der Waals surface area (Å²) in [4.78, 5) is 41.6.